The van der Waals surface area contributed by atoms with Crippen LogP contribution < -0.4 is 5.32 Å². The second kappa shape index (κ2) is 6.43. The Morgan fingerprint density at radius 2 is 1.79 bits per heavy atom. The van der Waals surface area contributed by atoms with E-state index in [1.165, 1.54) is 11.1 Å². The molecule has 3 aromatic rings. The summed E-state index contributed by atoms with van der Waals surface area (Å²) < 4.78 is 1.64. The van der Waals surface area contributed by atoms with Crippen molar-refractivity contribution >= 4 is 22.6 Å². The van der Waals surface area contributed by atoms with Crippen LogP contribution in [-0.4, -0.2) is 20.9 Å². The van der Waals surface area contributed by atoms with Crippen molar-refractivity contribution in [2.75, 3.05) is 5.32 Å². The van der Waals surface area contributed by atoms with E-state index in [0.29, 0.717) is 5.92 Å². The molecule has 1 heterocycles. The van der Waals surface area contributed by atoms with Gasteiger partial charge in [0.25, 0.3) is 0 Å². The van der Waals surface area contributed by atoms with E-state index in [1.54, 1.807) is 4.68 Å². The maximum Gasteiger partial charge on any atom is 0.246 e. The minimum Gasteiger partial charge on any atom is -0.324 e. The lowest BCUT2D eigenvalue weighted by Gasteiger charge is -2.09. The first-order valence-corrected chi connectivity index (χ1v) is 8.14. The Kier molecular flexibility index (Phi) is 4.34. The molecule has 5 nitrogen and oxygen atoms in total. The molecule has 1 amide bonds. The zero-order valence-corrected chi connectivity index (χ0v) is 14.5. The van der Waals surface area contributed by atoms with Gasteiger partial charge in [0.2, 0.25) is 5.91 Å². The number of hydrogen-bond donors (Lipinski definition) is 1. The van der Waals surface area contributed by atoms with Crippen LogP contribution in [0, 0.1) is 13.8 Å². The van der Waals surface area contributed by atoms with Crippen molar-refractivity contribution in [3.63, 3.8) is 0 Å². The molecule has 0 radical (unpaired) electrons. The smallest absolute Gasteiger partial charge is 0.246 e. The van der Waals surface area contributed by atoms with Crippen LogP contribution in [0.15, 0.2) is 36.4 Å². The number of benzene rings is 2. The second-order valence-electron chi connectivity index (χ2n) is 6.50. The van der Waals surface area contributed by atoms with Crippen molar-refractivity contribution in [2.24, 2.45) is 0 Å². The SMILES string of the molecule is Cc1cc2nnn(CC(=O)Nc3ccc(C(C)C)cc3)c2cc1C. The Morgan fingerprint density at radius 1 is 1.12 bits per heavy atom. The predicted octanol–water partition coefficient (Wildman–Crippen LogP) is 3.81. The van der Waals surface area contributed by atoms with Gasteiger partial charge in [-0.15, -0.1) is 5.10 Å². The van der Waals surface area contributed by atoms with E-state index in [2.05, 4.69) is 29.5 Å². The number of carbonyl (C=O) groups is 1. The van der Waals surface area contributed by atoms with E-state index in [0.717, 1.165) is 22.3 Å². The van der Waals surface area contributed by atoms with Gasteiger partial charge >= 0.3 is 0 Å². The number of rotatable bonds is 4. The fraction of sp³-hybridized carbons (Fsp3) is 0.316. The number of anilines is 1. The molecule has 0 fully saturated rings. The van der Waals surface area contributed by atoms with Crippen molar-refractivity contribution < 1.29 is 4.79 Å². The maximum absolute atomic E-state index is 12.3. The number of nitrogens with zero attached hydrogens (tertiary/aromatic N) is 3. The molecule has 1 N–H and O–H groups in total. The molecule has 3 rings (SSSR count). The van der Waals surface area contributed by atoms with Crippen molar-refractivity contribution in [3.05, 3.63) is 53.1 Å². The van der Waals surface area contributed by atoms with Crippen molar-refractivity contribution in [1.29, 1.82) is 0 Å². The van der Waals surface area contributed by atoms with Crippen LogP contribution in [0.5, 0.6) is 0 Å². The highest BCUT2D eigenvalue weighted by Gasteiger charge is 2.11. The summed E-state index contributed by atoms with van der Waals surface area (Å²) in [6.07, 6.45) is 0. The number of amides is 1. The average Bonchev–Trinajstić information content (AvgIpc) is 2.90. The molecule has 124 valence electrons. The molecule has 0 aliphatic heterocycles. The molecule has 1 aromatic heterocycles. The highest BCUT2D eigenvalue weighted by atomic mass is 16.2. The lowest BCUT2D eigenvalue weighted by Crippen LogP contribution is -2.19. The van der Waals surface area contributed by atoms with Gasteiger partial charge in [0.05, 0.1) is 5.52 Å². The van der Waals surface area contributed by atoms with E-state index in [9.17, 15) is 4.79 Å². The van der Waals surface area contributed by atoms with Crippen LogP contribution >= 0.6 is 0 Å². The quantitative estimate of drug-likeness (QED) is 0.794. The first kappa shape index (κ1) is 16.2. The van der Waals surface area contributed by atoms with Gasteiger partial charge in [-0.25, -0.2) is 4.68 Å². The van der Waals surface area contributed by atoms with Crippen LogP contribution in [0.25, 0.3) is 11.0 Å². The van der Waals surface area contributed by atoms with Gasteiger partial charge in [0.15, 0.2) is 0 Å². The number of nitrogens with one attached hydrogen (secondary N) is 1. The van der Waals surface area contributed by atoms with Crippen LogP contribution in [0.3, 0.4) is 0 Å². The number of aryl methyl sites for hydroxylation is 2. The molecular formula is C19H22N4O. The van der Waals surface area contributed by atoms with Gasteiger partial charge in [-0.05, 0) is 60.7 Å². The molecule has 0 atom stereocenters. The summed E-state index contributed by atoms with van der Waals surface area (Å²) in [6.45, 7) is 8.52. The van der Waals surface area contributed by atoms with Crippen LogP contribution in [-0.2, 0) is 11.3 Å². The molecule has 0 aliphatic carbocycles. The summed E-state index contributed by atoms with van der Waals surface area (Å²) in [5.74, 6) is 0.361. The summed E-state index contributed by atoms with van der Waals surface area (Å²) >= 11 is 0. The van der Waals surface area contributed by atoms with E-state index in [1.807, 2.05) is 50.2 Å². The summed E-state index contributed by atoms with van der Waals surface area (Å²) in [5.41, 5.74) is 6.07. The molecule has 24 heavy (non-hydrogen) atoms. The maximum atomic E-state index is 12.3. The van der Waals surface area contributed by atoms with Gasteiger partial charge in [0, 0.05) is 5.69 Å². The van der Waals surface area contributed by atoms with E-state index in [4.69, 9.17) is 0 Å². The Hall–Kier alpha value is -2.69. The average molecular weight is 322 g/mol. The third-order valence-electron chi connectivity index (χ3n) is 4.28. The van der Waals surface area contributed by atoms with Gasteiger partial charge in [-0.3, -0.25) is 4.79 Å². The standard InChI is InChI=1S/C19H22N4O/c1-12(2)15-5-7-16(8-6-15)20-19(24)11-23-18-10-14(4)13(3)9-17(18)21-22-23/h5-10,12H,11H2,1-4H3,(H,20,24). The molecular weight excluding hydrogens is 300 g/mol. The molecule has 2 aromatic carbocycles. The zero-order chi connectivity index (χ0) is 17.3. The lowest BCUT2D eigenvalue weighted by atomic mass is 10.0. The Balaban J connectivity index is 1.74. The molecule has 5 heteroatoms. The minimum absolute atomic E-state index is 0.114. The zero-order valence-electron chi connectivity index (χ0n) is 14.5. The van der Waals surface area contributed by atoms with Crippen molar-refractivity contribution in [2.45, 2.75) is 40.2 Å². The number of hydrogen-bond acceptors (Lipinski definition) is 3. The lowest BCUT2D eigenvalue weighted by molar-refractivity contribution is -0.116. The molecule has 0 unspecified atom stereocenters. The Labute approximate surface area is 141 Å². The van der Waals surface area contributed by atoms with E-state index >= 15 is 0 Å². The Bertz CT molecular complexity index is 878. The third-order valence-corrected chi connectivity index (χ3v) is 4.28. The minimum atomic E-state index is -0.114. The van der Waals surface area contributed by atoms with Crippen LogP contribution in [0.1, 0.15) is 36.5 Å². The molecule has 0 aliphatic rings. The highest BCUT2D eigenvalue weighted by Crippen LogP contribution is 2.18. The number of carbonyl (C=O) groups excluding carboxylic acids is 1. The topological polar surface area (TPSA) is 59.8 Å². The molecule has 0 saturated heterocycles. The predicted molar refractivity (Wildman–Crippen MR) is 96.2 cm³/mol. The van der Waals surface area contributed by atoms with Gasteiger partial charge in [-0.1, -0.05) is 31.2 Å². The highest BCUT2D eigenvalue weighted by molar-refractivity contribution is 5.91. The summed E-state index contributed by atoms with van der Waals surface area (Å²) in [6, 6.07) is 12.0. The summed E-state index contributed by atoms with van der Waals surface area (Å²) in [5, 5.41) is 11.2. The summed E-state index contributed by atoms with van der Waals surface area (Å²) in [4.78, 5) is 12.3. The fourth-order valence-corrected chi connectivity index (χ4v) is 2.63. The van der Waals surface area contributed by atoms with Gasteiger partial charge in [-0.2, -0.15) is 0 Å². The second-order valence-corrected chi connectivity index (χ2v) is 6.50. The van der Waals surface area contributed by atoms with Crippen LogP contribution in [0.4, 0.5) is 5.69 Å². The molecule has 0 spiro atoms. The molecule has 0 bridgehead atoms. The van der Waals surface area contributed by atoms with E-state index in [-0.39, 0.29) is 12.5 Å². The first-order chi connectivity index (χ1) is 11.4. The number of fused-ring (bicyclic) bond motifs is 1. The fourth-order valence-electron chi connectivity index (χ4n) is 2.63. The summed E-state index contributed by atoms with van der Waals surface area (Å²) in [7, 11) is 0. The van der Waals surface area contributed by atoms with Gasteiger partial charge < -0.3 is 5.32 Å². The van der Waals surface area contributed by atoms with Crippen molar-refractivity contribution in [3.8, 4) is 0 Å². The van der Waals surface area contributed by atoms with E-state index < -0.39 is 0 Å². The normalized spacial score (nSPS) is 11.2. The van der Waals surface area contributed by atoms with Gasteiger partial charge in [0.1, 0.15) is 12.1 Å². The van der Waals surface area contributed by atoms with Crippen LogP contribution in [0.2, 0.25) is 0 Å². The molecule has 0 saturated carbocycles. The largest absolute Gasteiger partial charge is 0.324 e. The third kappa shape index (κ3) is 3.30. The first-order valence-electron chi connectivity index (χ1n) is 8.14. The number of aromatic nitrogens is 3. The monoisotopic (exact) mass is 322 g/mol. The van der Waals surface area contributed by atoms with Crippen molar-refractivity contribution in [1.82, 2.24) is 15.0 Å². The Morgan fingerprint density at radius 3 is 2.46 bits per heavy atom.